The first-order chi connectivity index (χ1) is 9.95. The zero-order valence-corrected chi connectivity index (χ0v) is 11.7. The van der Waals surface area contributed by atoms with Gasteiger partial charge in [0.05, 0.1) is 4.92 Å². The highest BCUT2D eigenvalue weighted by atomic mass is 35.5. The standard InChI is InChI=1S/C15H12ClFN2O2/c16-14-6-3-11(9-15(14)19(20)21)8-13(18)7-10-1-4-12(17)5-2-10/h1-6,9,18H,7-8H2. The summed E-state index contributed by atoms with van der Waals surface area (Å²) in [5, 5.41) is 18.8. The fourth-order valence-electron chi connectivity index (χ4n) is 1.97. The van der Waals surface area contributed by atoms with Crippen LogP contribution in [0, 0.1) is 21.3 Å². The molecule has 0 aromatic heterocycles. The number of nitrogens with one attached hydrogen (secondary N) is 1. The Labute approximate surface area is 125 Å². The first kappa shape index (κ1) is 15.1. The molecule has 1 N–H and O–H groups in total. The lowest BCUT2D eigenvalue weighted by Crippen LogP contribution is -2.06. The van der Waals surface area contributed by atoms with Crippen LogP contribution in [0.15, 0.2) is 42.5 Å². The molecule has 6 heteroatoms. The Hall–Kier alpha value is -2.27. The average molecular weight is 307 g/mol. The van der Waals surface area contributed by atoms with E-state index in [0.29, 0.717) is 17.7 Å². The summed E-state index contributed by atoms with van der Waals surface area (Å²) in [6, 6.07) is 10.4. The molecule has 0 atom stereocenters. The van der Waals surface area contributed by atoms with E-state index < -0.39 is 4.92 Å². The van der Waals surface area contributed by atoms with Crippen molar-refractivity contribution in [2.24, 2.45) is 0 Å². The van der Waals surface area contributed by atoms with Crippen molar-refractivity contribution >= 4 is 23.0 Å². The molecule has 0 unspecified atom stereocenters. The quantitative estimate of drug-likeness (QED) is 0.511. The van der Waals surface area contributed by atoms with Crippen molar-refractivity contribution in [2.75, 3.05) is 0 Å². The molecule has 4 nitrogen and oxygen atoms in total. The Morgan fingerprint density at radius 1 is 1.14 bits per heavy atom. The number of hydrogen-bond acceptors (Lipinski definition) is 3. The Morgan fingerprint density at radius 2 is 1.71 bits per heavy atom. The third-order valence-corrected chi connectivity index (χ3v) is 3.28. The number of halogens is 2. The van der Waals surface area contributed by atoms with E-state index in [-0.39, 0.29) is 22.9 Å². The molecule has 0 fully saturated rings. The minimum Gasteiger partial charge on any atom is -0.309 e. The van der Waals surface area contributed by atoms with Gasteiger partial charge in [-0.15, -0.1) is 0 Å². The van der Waals surface area contributed by atoms with E-state index in [0.717, 1.165) is 5.56 Å². The first-order valence-corrected chi connectivity index (χ1v) is 6.57. The highest BCUT2D eigenvalue weighted by molar-refractivity contribution is 6.32. The van der Waals surface area contributed by atoms with Crippen molar-refractivity contribution in [3.8, 4) is 0 Å². The first-order valence-electron chi connectivity index (χ1n) is 6.19. The molecule has 108 valence electrons. The third-order valence-electron chi connectivity index (χ3n) is 2.96. The molecular formula is C15H12ClFN2O2. The van der Waals surface area contributed by atoms with E-state index >= 15 is 0 Å². The van der Waals surface area contributed by atoms with Gasteiger partial charge in [-0.2, -0.15) is 0 Å². The molecule has 0 heterocycles. The normalized spacial score (nSPS) is 10.4. The van der Waals surface area contributed by atoms with Gasteiger partial charge in [0.1, 0.15) is 10.8 Å². The fraction of sp³-hybridized carbons (Fsp3) is 0.133. The minimum absolute atomic E-state index is 0.0776. The van der Waals surface area contributed by atoms with Crippen molar-refractivity contribution in [2.45, 2.75) is 12.8 Å². The van der Waals surface area contributed by atoms with Gasteiger partial charge in [-0.1, -0.05) is 29.8 Å². The number of rotatable bonds is 5. The Morgan fingerprint density at radius 3 is 2.33 bits per heavy atom. The van der Waals surface area contributed by atoms with Gasteiger partial charge in [0, 0.05) is 24.6 Å². The maximum absolute atomic E-state index is 12.8. The van der Waals surface area contributed by atoms with Crippen molar-refractivity contribution in [3.63, 3.8) is 0 Å². The number of hydrogen-bond donors (Lipinski definition) is 1. The summed E-state index contributed by atoms with van der Waals surface area (Å²) in [6.07, 6.45) is 0.659. The highest BCUT2D eigenvalue weighted by Crippen LogP contribution is 2.25. The fourth-order valence-corrected chi connectivity index (χ4v) is 2.15. The minimum atomic E-state index is -0.546. The second-order valence-corrected chi connectivity index (χ2v) is 5.03. The van der Waals surface area contributed by atoms with E-state index in [4.69, 9.17) is 17.0 Å². The van der Waals surface area contributed by atoms with Crippen molar-refractivity contribution in [1.29, 1.82) is 5.41 Å². The van der Waals surface area contributed by atoms with E-state index in [1.165, 1.54) is 24.3 Å². The van der Waals surface area contributed by atoms with Crippen LogP contribution in [-0.4, -0.2) is 10.6 Å². The second-order valence-electron chi connectivity index (χ2n) is 4.63. The van der Waals surface area contributed by atoms with Gasteiger partial charge in [-0.3, -0.25) is 10.1 Å². The lowest BCUT2D eigenvalue weighted by Gasteiger charge is -2.05. The van der Waals surface area contributed by atoms with Crippen LogP contribution in [0.1, 0.15) is 11.1 Å². The Balaban J connectivity index is 2.07. The van der Waals surface area contributed by atoms with Crippen LogP contribution in [0.4, 0.5) is 10.1 Å². The molecular weight excluding hydrogens is 295 g/mol. The van der Waals surface area contributed by atoms with Gasteiger partial charge in [0.25, 0.3) is 5.69 Å². The molecule has 0 saturated heterocycles. The maximum atomic E-state index is 12.8. The zero-order chi connectivity index (χ0) is 15.4. The number of nitrogens with zero attached hydrogens (tertiary/aromatic N) is 1. The van der Waals surface area contributed by atoms with Crippen molar-refractivity contribution in [1.82, 2.24) is 0 Å². The summed E-state index contributed by atoms with van der Waals surface area (Å²) in [4.78, 5) is 10.3. The summed E-state index contributed by atoms with van der Waals surface area (Å²) < 4.78 is 12.8. The van der Waals surface area contributed by atoms with Gasteiger partial charge in [-0.05, 0) is 29.3 Å². The molecule has 0 saturated carbocycles. The van der Waals surface area contributed by atoms with Gasteiger partial charge >= 0.3 is 0 Å². The van der Waals surface area contributed by atoms with Gasteiger partial charge < -0.3 is 5.41 Å². The predicted octanol–water partition coefficient (Wildman–Crippen LogP) is 4.19. The molecule has 0 radical (unpaired) electrons. The highest BCUT2D eigenvalue weighted by Gasteiger charge is 2.13. The maximum Gasteiger partial charge on any atom is 0.288 e. The van der Waals surface area contributed by atoms with Crippen LogP contribution >= 0.6 is 11.6 Å². The van der Waals surface area contributed by atoms with Gasteiger partial charge in [-0.25, -0.2) is 4.39 Å². The van der Waals surface area contributed by atoms with Crippen LogP contribution in [0.5, 0.6) is 0 Å². The molecule has 0 aliphatic heterocycles. The van der Waals surface area contributed by atoms with E-state index in [9.17, 15) is 14.5 Å². The molecule has 0 amide bonds. The Bertz CT molecular complexity index is 687. The van der Waals surface area contributed by atoms with E-state index in [1.807, 2.05) is 0 Å². The summed E-state index contributed by atoms with van der Waals surface area (Å²) in [5.74, 6) is -0.321. The monoisotopic (exact) mass is 306 g/mol. The van der Waals surface area contributed by atoms with Crippen LogP contribution in [0.25, 0.3) is 0 Å². The molecule has 2 rings (SSSR count). The third kappa shape index (κ3) is 4.10. The van der Waals surface area contributed by atoms with Crippen LogP contribution in [0.3, 0.4) is 0 Å². The molecule has 0 bridgehead atoms. The van der Waals surface area contributed by atoms with E-state index in [2.05, 4.69) is 0 Å². The molecule has 0 aliphatic rings. The topological polar surface area (TPSA) is 67.0 Å². The van der Waals surface area contributed by atoms with Crippen molar-refractivity contribution in [3.05, 3.63) is 74.5 Å². The molecule has 0 spiro atoms. The van der Waals surface area contributed by atoms with Gasteiger partial charge in [0.2, 0.25) is 0 Å². The molecule has 0 aliphatic carbocycles. The predicted molar refractivity (Wildman–Crippen MR) is 79.6 cm³/mol. The lowest BCUT2D eigenvalue weighted by atomic mass is 10.0. The number of nitro groups is 1. The summed E-state index contributed by atoms with van der Waals surface area (Å²) in [6.45, 7) is 0. The second kappa shape index (κ2) is 6.45. The van der Waals surface area contributed by atoms with Crippen LogP contribution in [-0.2, 0) is 12.8 Å². The van der Waals surface area contributed by atoms with Gasteiger partial charge in [0.15, 0.2) is 0 Å². The van der Waals surface area contributed by atoms with E-state index in [1.54, 1.807) is 18.2 Å². The van der Waals surface area contributed by atoms with Crippen LogP contribution < -0.4 is 0 Å². The number of benzene rings is 2. The average Bonchev–Trinajstić information content (AvgIpc) is 2.43. The molecule has 2 aromatic rings. The molecule has 21 heavy (non-hydrogen) atoms. The number of nitro benzene ring substituents is 1. The molecule has 2 aromatic carbocycles. The summed E-state index contributed by atoms with van der Waals surface area (Å²) in [5.41, 5.74) is 1.70. The largest absolute Gasteiger partial charge is 0.309 e. The summed E-state index contributed by atoms with van der Waals surface area (Å²) >= 11 is 5.74. The smallest absolute Gasteiger partial charge is 0.288 e. The van der Waals surface area contributed by atoms with Crippen LogP contribution in [0.2, 0.25) is 5.02 Å². The Kier molecular flexibility index (Phi) is 4.65. The SMILES string of the molecule is N=C(Cc1ccc(F)cc1)Cc1ccc(Cl)c([N+](=O)[O-])c1. The lowest BCUT2D eigenvalue weighted by molar-refractivity contribution is -0.384. The summed E-state index contributed by atoms with van der Waals surface area (Å²) in [7, 11) is 0. The van der Waals surface area contributed by atoms with Crippen molar-refractivity contribution < 1.29 is 9.31 Å². The zero-order valence-electron chi connectivity index (χ0n) is 11.0.